The molecule has 1 unspecified atom stereocenters. The SMILES string of the molecule is COCCOc1ccc(-c2ccccc2-c2ccccc2-c2ccc(OCCOCC3CO3)cc2)cc1. The molecule has 0 saturated carbocycles. The molecule has 0 aromatic heterocycles. The summed E-state index contributed by atoms with van der Waals surface area (Å²) in [6, 6.07) is 33.5. The van der Waals surface area contributed by atoms with Crippen molar-refractivity contribution < 1.29 is 23.7 Å². The highest BCUT2D eigenvalue weighted by molar-refractivity contribution is 5.91. The molecule has 0 radical (unpaired) electrons. The van der Waals surface area contributed by atoms with Gasteiger partial charge in [0, 0.05) is 7.11 Å². The molecule has 1 aliphatic rings. The highest BCUT2D eigenvalue weighted by Crippen LogP contribution is 2.38. The Morgan fingerprint density at radius 1 is 0.595 bits per heavy atom. The summed E-state index contributed by atoms with van der Waals surface area (Å²) in [6.45, 7) is 3.64. The van der Waals surface area contributed by atoms with E-state index in [-0.39, 0.29) is 6.10 Å². The number of hydrogen-bond donors (Lipinski definition) is 0. The van der Waals surface area contributed by atoms with Crippen LogP contribution in [0.15, 0.2) is 97.1 Å². The Labute approximate surface area is 218 Å². The van der Waals surface area contributed by atoms with Gasteiger partial charge in [-0.05, 0) is 57.6 Å². The summed E-state index contributed by atoms with van der Waals surface area (Å²) in [5.74, 6) is 1.67. The zero-order chi connectivity index (χ0) is 25.3. The average Bonchev–Trinajstić information content (AvgIpc) is 3.78. The van der Waals surface area contributed by atoms with Crippen molar-refractivity contribution >= 4 is 0 Å². The molecule has 4 aromatic rings. The van der Waals surface area contributed by atoms with Crippen LogP contribution < -0.4 is 9.47 Å². The van der Waals surface area contributed by atoms with E-state index in [1.165, 1.54) is 22.3 Å². The van der Waals surface area contributed by atoms with Crippen LogP contribution in [-0.4, -0.2) is 52.9 Å². The Morgan fingerprint density at radius 2 is 1.05 bits per heavy atom. The quantitative estimate of drug-likeness (QED) is 0.156. The van der Waals surface area contributed by atoms with Crippen LogP contribution in [0.2, 0.25) is 0 Å². The van der Waals surface area contributed by atoms with Crippen LogP contribution in [0.5, 0.6) is 11.5 Å². The van der Waals surface area contributed by atoms with Crippen molar-refractivity contribution in [1.82, 2.24) is 0 Å². The average molecular weight is 497 g/mol. The van der Waals surface area contributed by atoms with Gasteiger partial charge in [-0.25, -0.2) is 0 Å². The van der Waals surface area contributed by atoms with Gasteiger partial charge in [0.1, 0.15) is 30.8 Å². The fourth-order valence-electron chi connectivity index (χ4n) is 4.24. The summed E-state index contributed by atoms with van der Waals surface area (Å²) >= 11 is 0. The Kier molecular flexibility index (Phi) is 8.49. The van der Waals surface area contributed by atoms with Gasteiger partial charge in [0.25, 0.3) is 0 Å². The van der Waals surface area contributed by atoms with E-state index in [4.69, 9.17) is 23.7 Å². The Balaban J connectivity index is 1.33. The normalized spacial score (nSPS) is 14.4. The standard InChI is InChI=1S/C32H32O5/c1-33-18-20-35-26-14-10-24(11-15-26)29-6-2-4-8-31(29)32-9-5-3-7-30(32)25-12-16-27(17-13-25)36-21-19-34-22-28-23-37-28/h2-17,28H,18-23H2,1H3. The fraction of sp³-hybridized carbons (Fsp3) is 0.250. The molecule has 1 fully saturated rings. The van der Waals surface area contributed by atoms with Gasteiger partial charge >= 0.3 is 0 Å². The van der Waals surface area contributed by atoms with E-state index >= 15 is 0 Å². The van der Waals surface area contributed by atoms with Crippen LogP contribution in [-0.2, 0) is 14.2 Å². The number of methoxy groups -OCH3 is 1. The monoisotopic (exact) mass is 496 g/mol. The minimum atomic E-state index is 0.281. The van der Waals surface area contributed by atoms with Crippen LogP contribution in [0.25, 0.3) is 33.4 Å². The number of ether oxygens (including phenoxy) is 5. The van der Waals surface area contributed by atoms with E-state index in [1.807, 2.05) is 24.3 Å². The second kappa shape index (κ2) is 12.5. The lowest BCUT2D eigenvalue weighted by molar-refractivity contribution is 0.0878. The van der Waals surface area contributed by atoms with Crippen molar-refractivity contribution in [1.29, 1.82) is 0 Å². The topological polar surface area (TPSA) is 49.5 Å². The molecule has 1 atom stereocenters. The van der Waals surface area contributed by atoms with E-state index in [1.54, 1.807) is 7.11 Å². The Hall–Kier alpha value is -3.64. The molecule has 5 nitrogen and oxygen atoms in total. The summed E-state index contributed by atoms with van der Waals surface area (Å²) in [4.78, 5) is 0. The van der Waals surface area contributed by atoms with Crippen LogP contribution >= 0.6 is 0 Å². The summed E-state index contributed by atoms with van der Waals surface area (Å²) in [5.41, 5.74) is 7.00. The molecule has 4 aromatic carbocycles. The number of rotatable bonds is 13. The largest absolute Gasteiger partial charge is 0.491 e. The Bertz CT molecular complexity index is 1260. The van der Waals surface area contributed by atoms with Crippen molar-refractivity contribution in [2.24, 2.45) is 0 Å². The highest BCUT2D eigenvalue weighted by Gasteiger charge is 2.22. The first-order valence-electron chi connectivity index (χ1n) is 12.6. The van der Waals surface area contributed by atoms with E-state index in [0.29, 0.717) is 33.0 Å². The second-order valence-electron chi connectivity index (χ2n) is 8.86. The summed E-state index contributed by atoms with van der Waals surface area (Å²) < 4.78 is 27.4. The molecule has 5 heteroatoms. The summed E-state index contributed by atoms with van der Waals surface area (Å²) in [6.07, 6.45) is 0.281. The van der Waals surface area contributed by atoms with Gasteiger partial charge in [0.2, 0.25) is 0 Å². The van der Waals surface area contributed by atoms with Gasteiger partial charge in [-0.1, -0.05) is 72.8 Å². The first-order chi connectivity index (χ1) is 18.3. The van der Waals surface area contributed by atoms with Crippen molar-refractivity contribution in [3.05, 3.63) is 97.1 Å². The first-order valence-corrected chi connectivity index (χ1v) is 12.6. The van der Waals surface area contributed by atoms with Crippen molar-refractivity contribution in [2.45, 2.75) is 6.10 Å². The van der Waals surface area contributed by atoms with Gasteiger partial charge in [0.15, 0.2) is 0 Å². The zero-order valence-electron chi connectivity index (χ0n) is 21.1. The second-order valence-corrected chi connectivity index (χ2v) is 8.86. The molecule has 0 bridgehead atoms. The number of hydrogen-bond acceptors (Lipinski definition) is 5. The molecular formula is C32H32O5. The highest BCUT2D eigenvalue weighted by atomic mass is 16.6. The first kappa shape index (κ1) is 25.0. The zero-order valence-corrected chi connectivity index (χ0v) is 21.1. The van der Waals surface area contributed by atoms with Gasteiger partial charge in [-0.2, -0.15) is 0 Å². The molecule has 1 saturated heterocycles. The van der Waals surface area contributed by atoms with Gasteiger partial charge in [0.05, 0.1) is 26.4 Å². The van der Waals surface area contributed by atoms with Gasteiger partial charge < -0.3 is 23.7 Å². The van der Waals surface area contributed by atoms with E-state index in [0.717, 1.165) is 29.2 Å². The van der Waals surface area contributed by atoms with E-state index < -0.39 is 0 Å². The molecular weight excluding hydrogens is 464 g/mol. The molecule has 37 heavy (non-hydrogen) atoms. The molecule has 0 N–H and O–H groups in total. The molecule has 5 rings (SSSR count). The van der Waals surface area contributed by atoms with Gasteiger partial charge in [-0.15, -0.1) is 0 Å². The van der Waals surface area contributed by atoms with Crippen LogP contribution in [0.1, 0.15) is 0 Å². The van der Waals surface area contributed by atoms with Crippen molar-refractivity contribution in [3.8, 4) is 44.9 Å². The van der Waals surface area contributed by atoms with Crippen molar-refractivity contribution in [3.63, 3.8) is 0 Å². The molecule has 1 heterocycles. The fourth-order valence-corrected chi connectivity index (χ4v) is 4.24. The lowest BCUT2D eigenvalue weighted by atomic mass is 9.89. The molecule has 0 amide bonds. The lowest BCUT2D eigenvalue weighted by Gasteiger charge is -2.15. The smallest absolute Gasteiger partial charge is 0.119 e. The molecule has 0 aliphatic carbocycles. The summed E-state index contributed by atoms with van der Waals surface area (Å²) in [7, 11) is 1.67. The minimum Gasteiger partial charge on any atom is -0.491 e. The predicted molar refractivity (Wildman–Crippen MR) is 146 cm³/mol. The van der Waals surface area contributed by atoms with Crippen LogP contribution in [0.3, 0.4) is 0 Å². The van der Waals surface area contributed by atoms with Gasteiger partial charge in [-0.3, -0.25) is 0 Å². The Morgan fingerprint density at radius 3 is 1.51 bits per heavy atom. The third-order valence-corrected chi connectivity index (χ3v) is 6.23. The maximum absolute atomic E-state index is 5.85. The lowest BCUT2D eigenvalue weighted by Crippen LogP contribution is -2.10. The molecule has 190 valence electrons. The maximum Gasteiger partial charge on any atom is 0.119 e. The third-order valence-electron chi connectivity index (χ3n) is 6.23. The predicted octanol–water partition coefficient (Wildman–Crippen LogP) is 6.51. The minimum absolute atomic E-state index is 0.281. The van der Waals surface area contributed by atoms with Crippen LogP contribution in [0.4, 0.5) is 0 Å². The number of benzene rings is 4. The molecule has 1 aliphatic heterocycles. The van der Waals surface area contributed by atoms with Crippen molar-refractivity contribution in [2.75, 3.05) is 46.8 Å². The number of epoxide rings is 1. The third kappa shape index (κ3) is 6.77. The van der Waals surface area contributed by atoms with Crippen LogP contribution in [0, 0.1) is 0 Å². The van der Waals surface area contributed by atoms with E-state index in [2.05, 4.69) is 72.8 Å². The molecule has 0 spiro atoms. The summed E-state index contributed by atoms with van der Waals surface area (Å²) in [5, 5.41) is 0. The maximum atomic E-state index is 5.85. The van der Waals surface area contributed by atoms with E-state index in [9.17, 15) is 0 Å².